The quantitative estimate of drug-likeness (QED) is 0.748. The first-order chi connectivity index (χ1) is 10.6. The number of rotatable bonds is 3. The highest BCUT2D eigenvalue weighted by Gasteiger charge is 2.30. The van der Waals surface area contributed by atoms with Crippen LogP contribution < -0.4 is 10.5 Å². The fraction of sp³-hybridized carbons (Fsp3) is 0.312. The van der Waals surface area contributed by atoms with Crippen LogP contribution in [0.3, 0.4) is 0 Å². The number of nitrogens with zero attached hydrogens (tertiary/aromatic N) is 1. The summed E-state index contributed by atoms with van der Waals surface area (Å²) in [5.74, 6) is 0.254. The van der Waals surface area contributed by atoms with Crippen LogP contribution in [0.4, 0.5) is 0 Å². The van der Waals surface area contributed by atoms with Gasteiger partial charge < -0.3 is 25.4 Å². The summed E-state index contributed by atoms with van der Waals surface area (Å²) < 4.78 is 11.2. The number of phenols is 2. The Kier molecular flexibility index (Phi) is 3.87. The van der Waals surface area contributed by atoms with Gasteiger partial charge in [-0.3, -0.25) is 0 Å². The number of methoxy groups -OCH3 is 1. The van der Waals surface area contributed by atoms with Crippen LogP contribution in [0.5, 0.6) is 17.4 Å². The molecule has 0 spiro atoms. The average molecular weight is 302 g/mol. The van der Waals surface area contributed by atoms with Crippen LogP contribution in [-0.2, 0) is 11.2 Å². The Morgan fingerprint density at radius 1 is 1.36 bits per heavy atom. The normalized spacial score (nSPS) is 20.5. The minimum absolute atomic E-state index is 0.106. The maximum absolute atomic E-state index is 10.1. The van der Waals surface area contributed by atoms with Crippen molar-refractivity contribution in [3.63, 3.8) is 0 Å². The first-order valence-electron chi connectivity index (χ1n) is 7.03. The molecular weight excluding hydrogens is 284 g/mol. The molecule has 0 bridgehead atoms. The second-order valence-corrected chi connectivity index (χ2v) is 5.19. The van der Waals surface area contributed by atoms with E-state index in [0.29, 0.717) is 17.9 Å². The van der Waals surface area contributed by atoms with Crippen molar-refractivity contribution in [1.29, 1.82) is 0 Å². The zero-order valence-corrected chi connectivity index (χ0v) is 12.2. The third-order valence-corrected chi connectivity index (χ3v) is 3.92. The molecule has 22 heavy (non-hydrogen) atoms. The SMILES string of the molecule is COc1cc(C2Cc3c(ccc(O)c3O)C(CN)O2)ccn1. The third-order valence-electron chi connectivity index (χ3n) is 3.92. The highest BCUT2D eigenvalue weighted by Crippen LogP contribution is 2.43. The standard InChI is InChI=1S/C16H18N2O4/c1-21-15-6-9(4-5-18-15)13-7-11-10(14(8-17)22-13)2-3-12(19)16(11)20/h2-6,13-14,19-20H,7-8,17H2,1H3. The van der Waals surface area contributed by atoms with Crippen LogP contribution in [0.1, 0.15) is 28.9 Å². The maximum Gasteiger partial charge on any atom is 0.213 e. The van der Waals surface area contributed by atoms with Crippen molar-refractivity contribution in [2.75, 3.05) is 13.7 Å². The lowest BCUT2D eigenvalue weighted by atomic mass is 9.90. The topological polar surface area (TPSA) is 97.8 Å². The molecule has 1 aliphatic rings. The summed E-state index contributed by atoms with van der Waals surface area (Å²) in [5.41, 5.74) is 8.17. The van der Waals surface area contributed by atoms with Crippen LogP contribution in [-0.4, -0.2) is 28.9 Å². The molecule has 2 unspecified atom stereocenters. The molecule has 2 aromatic rings. The van der Waals surface area contributed by atoms with Gasteiger partial charge in [0.2, 0.25) is 5.88 Å². The van der Waals surface area contributed by atoms with Gasteiger partial charge in [0, 0.05) is 30.8 Å². The average Bonchev–Trinajstić information content (AvgIpc) is 2.57. The van der Waals surface area contributed by atoms with Crippen molar-refractivity contribution in [2.45, 2.75) is 18.6 Å². The van der Waals surface area contributed by atoms with Gasteiger partial charge in [0.05, 0.1) is 19.3 Å². The molecule has 3 rings (SSSR count). The Labute approximate surface area is 128 Å². The lowest BCUT2D eigenvalue weighted by Gasteiger charge is -2.32. The summed E-state index contributed by atoms with van der Waals surface area (Å²) in [5, 5.41) is 19.9. The maximum atomic E-state index is 10.1. The van der Waals surface area contributed by atoms with Gasteiger partial charge in [0.1, 0.15) is 0 Å². The van der Waals surface area contributed by atoms with Gasteiger partial charge in [-0.25, -0.2) is 4.98 Å². The second-order valence-electron chi connectivity index (χ2n) is 5.19. The molecule has 1 aliphatic heterocycles. The molecule has 116 valence electrons. The largest absolute Gasteiger partial charge is 0.504 e. The number of fused-ring (bicyclic) bond motifs is 1. The summed E-state index contributed by atoms with van der Waals surface area (Å²) in [7, 11) is 1.55. The molecule has 4 N–H and O–H groups in total. The number of phenolic OH excluding ortho intramolecular Hbond substituents is 2. The summed E-state index contributed by atoms with van der Waals surface area (Å²) in [6, 6.07) is 6.83. The number of ether oxygens (including phenoxy) is 2. The van der Waals surface area contributed by atoms with E-state index < -0.39 is 0 Å². The predicted molar refractivity (Wildman–Crippen MR) is 79.9 cm³/mol. The van der Waals surface area contributed by atoms with Crippen molar-refractivity contribution < 1.29 is 19.7 Å². The highest BCUT2D eigenvalue weighted by molar-refractivity contribution is 5.51. The second kappa shape index (κ2) is 5.82. The zero-order chi connectivity index (χ0) is 15.7. The predicted octanol–water partition coefficient (Wildman–Crippen LogP) is 1.82. The van der Waals surface area contributed by atoms with E-state index in [-0.39, 0.29) is 30.3 Å². The van der Waals surface area contributed by atoms with Crippen LogP contribution in [0, 0.1) is 0 Å². The molecule has 0 amide bonds. The fourth-order valence-corrected chi connectivity index (χ4v) is 2.78. The number of aromatic nitrogens is 1. The van der Waals surface area contributed by atoms with E-state index in [9.17, 15) is 10.2 Å². The van der Waals surface area contributed by atoms with Crippen LogP contribution >= 0.6 is 0 Å². The number of nitrogens with two attached hydrogens (primary N) is 1. The zero-order valence-electron chi connectivity index (χ0n) is 12.2. The molecule has 0 saturated heterocycles. The molecule has 2 atom stereocenters. The molecule has 6 nitrogen and oxygen atoms in total. The smallest absolute Gasteiger partial charge is 0.213 e. The first-order valence-corrected chi connectivity index (χ1v) is 7.03. The molecular formula is C16H18N2O4. The van der Waals surface area contributed by atoms with Gasteiger partial charge >= 0.3 is 0 Å². The Hall–Kier alpha value is -2.31. The minimum atomic E-state index is -0.334. The van der Waals surface area contributed by atoms with Crippen LogP contribution in [0.25, 0.3) is 0 Å². The number of pyridine rings is 1. The monoisotopic (exact) mass is 302 g/mol. The fourth-order valence-electron chi connectivity index (χ4n) is 2.78. The Morgan fingerprint density at radius 3 is 2.91 bits per heavy atom. The van der Waals surface area contributed by atoms with E-state index in [0.717, 1.165) is 11.1 Å². The van der Waals surface area contributed by atoms with Crippen molar-refractivity contribution in [3.8, 4) is 17.4 Å². The highest BCUT2D eigenvalue weighted by atomic mass is 16.5. The summed E-state index contributed by atoms with van der Waals surface area (Å²) in [6.45, 7) is 0.288. The molecule has 2 heterocycles. The number of benzene rings is 1. The van der Waals surface area contributed by atoms with Gasteiger partial charge in [-0.2, -0.15) is 0 Å². The first kappa shape index (κ1) is 14.6. The van der Waals surface area contributed by atoms with E-state index in [1.54, 1.807) is 25.4 Å². The molecule has 0 fully saturated rings. The van der Waals surface area contributed by atoms with Crippen molar-refractivity contribution in [3.05, 3.63) is 47.2 Å². The van der Waals surface area contributed by atoms with E-state index in [2.05, 4.69) is 4.98 Å². The molecule has 6 heteroatoms. The summed E-state index contributed by atoms with van der Waals surface area (Å²) in [6.07, 6.45) is 1.47. The van der Waals surface area contributed by atoms with Crippen LogP contribution in [0.15, 0.2) is 30.5 Å². The molecule has 0 saturated carbocycles. The Bertz CT molecular complexity index is 690. The molecule has 1 aromatic carbocycles. The van der Waals surface area contributed by atoms with Gasteiger partial charge in [-0.1, -0.05) is 6.07 Å². The van der Waals surface area contributed by atoms with Crippen molar-refractivity contribution >= 4 is 0 Å². The number of hydrogen-bond acceptors (Lipinski definition) is 6. The van der Waals surface area contributed by atoms with Crippen LogP contribution in [0.2, 0.25) is 0 Å². The van der Waals surface area contributed by atoms with E-state index >= 15 is 0 Å². The summed E-state index contributed by atoms with van der Waals surface area (Å²) >= 11 is 0. The summed E-state index contributed by atoms with van der Waals surface area (Å²) in [4.78, 5) is 4.08. The van der Waals surface area contributed by atoms with E-state index in [1.165, 1.54) is 6.07 Å². The van der Waals surface area contributed by atoms with E-state index in [4.69, 9.17) is 15.2 Å². The lowest BCUT2D eigenvalue weighted by molar-refractivity contribution is -0.0232. The lowest BCUT2D eigenvalue weighted by Crippen LogP contribution is -2.25. The van der Waals surface area contributed by atoms with Crippen molar-refractivity contribution in [1.82, 2.24) is 4.98 Å². The number of hydrogen-bond donors (Lipinski definition) is 3. The minimum Gasteiger partial charge on any atom is -0.504 e. The van der Waals surface area contributed by atoms with Gasteiger partial charge in [0.25, 0.3) is 0 Å². The Balaban J connectivity index is 2.01. The molecule has 0 radical (unpaired) electrons. The number of aromatic hydroxyl groups is 2. The molecule has 0 aliphatic carbocycles. The third kappa shape index (κ3) is 2.47. The molecule has 1 aromatic heterocycles. The van der Waals surface area contributed by atoms with Gasteiger partial charge in [0.15, 0.2) is 11.5 Å². The van der Waals surface area contributed by atoms with Gasteiger partial charge in [-0.15, -0.1) is 0 Å². The van der Waals surface area contributed by atoms with E-state index in [1.807, 2.05) is 6.07 Å². The van der Waals surface area contributed by atoms with Gasteiger partial charge in [-0.05, 0) is 23.3 Å². The Morgan fingerprint density at radius 2 is 2.18 bits per heavy atom. The van der Waals surface area contributed by atoms with Crippen molar-refractivity contribution in [2.24, 2.45) is 5.73 Å².